The van der Waals surface area contributed by atoms with Crippen LogP contribution in [0.1, 0.15) is 40.4 Å². The van der Waals surface area contributed by atoms with Crippen LogP contribution in [0.15, 0.2) is 54.6 Å². The SMILES string of the molecule is COc1ccc(CN2C(=O)C(C)(CCc3cc(C(N)=O)ccc3Cl)c3cc(Cl)ccc32)c(OC)c1. The van der Waals surface area contributed by atoms with Gasteiger partial charge in [0.1, 0.15) is 11.5 Å². The standard InChI is InChI=1S/C27H26Cl2N2O4/c1-27(11-10-16-12-17(25(30)32)5-8-22(16)29)21-13-19(28)6-9-23(21)31(26(27)33)15-18-4-7-20(34-2)14-24(18)35-3/h4-9,12-14H,10-11,15H2,1-3H3,(H2,30,32). The molecule has 4 rings (SSSR count). The maximum absolute atomic E-state index is 13.9. The molecule has 0 spiro atoms. The fourth-order valence-corrected chi connectivity index (χ4v) is 4.95. The van der Waals surface area contributed by atoms with Gasteiger partial charge in [-0.2, -0.15) is 0 Å². The van der Waals surface area contributed by atoms with Gasteiger partial charge in [-0.3, -0.25) is 9.59 Å². The van der Waals surface area contributed by atoms with Crippen LogP contribution in [-0.4, -0.2) is 26.0 Å². The number of ether oxygens (including phenoxy) is 2. The molecule has 1 aliphatic heterocycles. The number of nitrogens with zero attached hydrogens (tertiary/aromatic N) is 1. The summed E-state index contributed by atoms with van der Waals surface area (Å²) in [6, 6.07) is 16.0. The maximum Gasteiger partial charge on any atom is 0.248 e. The van der Waals surface area contributed by atoms with Crippen LogP contribution in [0.25, 0.3) is 0 Å². The van der Waals surface area contributed by atoms with Crippen molar-refractivity contribution in [2.75, 3.05) is 19.1 Å². The van der Waals surface area contributed by atoms with E-state index in [9.17, 15) is 9.59 Å². The van der Waals surface area contributed by atoms with Crippen LogP contribution in [0.3, 0.4) is 0 Å². The monoisotopic (exact) mass is 512 g/mol. The zero-order valence-corrected chi connectivity index (χ0v) is 21.2. The molecule has 3 aromatic carbocycles. The first-order valence-electron chi connectivity index (χ1n) is 11.1. The van der Waals surface area contributed by atoms with Crippen LogP contribution >= 0.6 is 23.2 Å². The lowest BCUT2D eigenvalue weighted by molar-refractivity contribution is -0.123. The summed E-state index contributed by atoms with van der Waals surface area (Å²) in [4.78, 5) is 27.3. The van der Waals surface area contributed by atoms with Gasteiger partial charge in [0, 0.05) is 32.9 Å². The van der Waals surface area contributed by atoms with E-state index in [1.165, 1.54) is 0 Å². The average molecular weight is 513 g/mol. The molecule has 0 saturated carbocycles. The highest BCUT2D eigenvalue weighted by Crippen LogP contribution is 2.47. The first-order valence-corrected chi connectivity index (χ1v) is 11.8. The number of benzene rings is 3. The third kappa shape index (κ3) is 4.68. The van der Waals surface area contributed by atoms with E-state index < -0.39 is 11.3 Å². The van der Waals surface area contributed by atoms with Gasteiger partial charge in [0.2, 0.25) is 11.8 Å². The van der Waals surface area contributed by atoms with Crippen molar-refractivity contribution in [3.63, 3.8) is 0 Å². The van der Waals surface area contributed by atoms with Crippen LogP contribution in [0.5, 0.6) is 11.5 Å². The minimum atomic E-state index is -0.841. The van der Waals surface area contributed by atoms with Gasteiger partial charge < -0.3 is 20.1 Å². The summed E-state index contributed by atoms with van der Waals surface area (Å²) in [6.07, 6.45) is 0.950. The lowest BCUT2D eigenvalue weighted by atomic mass is 9.78. The second-order valence-corrected chi connectivity index (χ2v) is 9.58. The Morgan fingerprint density at radius 3 is 2.46 bits per heavy atom. The fraction of sp³-hybridized carbons (Fsp3) is 0.259. The number of hydrogen-bond acceptors (Lipinski definition) is 4. The van der Waals surface area contributed by atoms with Crippen molar-refractivity contribution in [2.45, 2.75) is 31.7 Å². The largest absolute Gasteiger partial charge is 0.497 e. The first-order chi connectivity index (χ1) is 16.7. The van der Waals surface area contributed by atoms with Crippen molar-refractivity contribution < 1.29 is 19.1 Å². The molecule has 182 valence electrons. The molecule has 2 N–H and O–H groups in total. The molecule has 3 aromatic rings. The molecule has 1 atom stereocenters. The third-order valence-corrected chi connectivity index (χ3v) is 7.21. The number of primary amides is 1. The average Bonchev–Trinajstić information content (AvgIpc) is 3.05. The van der Waals surface area contributed by atoms with Gasteiger partial charge >= 0.3 is 0 Å². The molecule has 0 aromatic heterocycles. The summed E-state index contributed by atoms with van der Waals surface area (Å²) < 4.78 is 10.8. The van der Waals surface area contributed by atoms with E-state index in [0.717, 1.165) is 22.4 Å². The number of fused-ring (bicyclic) bond motifs is 1. The number of anilines is 1. The quantitative estimate of drug-likeness (QED) is 0.429. The van der Waals surface area contributed by atoms with Crippen LogP contribution in [0.2, 0.25) is 10.0 Å². The molecule has 0 fully saturated rings. The second-order valence-electron chi connectivity index (χ2n) is 8.73. The normalized spacial score (nSPS) is 16.8. The van der Waals surface area contributed by atoms with Crippen molar-refractivity contribution in [1.29, 1.82) is 0 Å². The number of nitrogens with two attached hydrogens (primary N) is 1. The number of carbonyl (C=O) groups is 2. The highest BCUT2D eigenvalue weighted by Gasteiger charge is 2.47. The van der Waals surface area contributed by atoms with E-state index in [2.05, 4.69) is 0 Å². The molecule has 0 radical (unpaired) electrons. The molecule has 0 saturated heterocycles. The molecule has 1 aliphatic rings. The highest BCUT2D eigenvalue weighted by atomic mass is 35.5. The van der Waals surface area contributed by atoms with Gasteiger partial charge in [-0.25, -0.2) is 0 Å². The highest BCUT2D eigenvalue weighted by molar-refractivity contribution is 6.31. The number of hydrogen-bond donors (Lipinski definition) is 1. The molecule has 35 heavy (non-hydrogen) atoms. The summed E-state index contributed by atoms with van der Waals surface area (Å²) in [5.74, 6) is 0.736. The van der Waals surface area contributed by atoms with Gasteiger partial charge in [0.15, 0.2) is 0 Å². The van der Waals surface area contributed by atoms with Crippen LogP contribution in [0, 0.1) is 0 Å². The van der Waals surface area contributed by atoms with Crippen molar-refractivity contribution in [2.24, 2.45) is 5.73 Å². The number of rotatable bonds is 8. The molecular formula is C27H26Cl2N2O4. The number of amides is 2. The molecular weight excluding hydrogens is 487 g/mol. The Balaban J connectivity index is 1.68. The molecule has 0 bridgehead atoms. The molecule has 2 amide bonds. The van der Waals surface area contributed by atoms with Crippen molar-refractivity contribution in [3.8, 4) is 11.5 Å². The van der Waals surface area contributed by atoms with Crippen molar-refractivity contribution >= 4 is 40.7 Å². The predicted molar refractivity (Wildman–Crippen MR) is 138 cm³/mol. The first kappa shape index (κ1) is 24.9. The molecule has 1 heterocycles. The van der Waals surface area contributed by atoms with Crippen LogP contribution in [-0.2, 0) is 23.2 Å². The van der Waals surface area contributed by atoms with Gasteiger partial charge in [-0.05, 0) is 79.4 Å². The Labute approximate surface area is 214 Å². The lowest BCUT2D eigenvalue weighted by Gasteiger charge is -2.25. The third-order valence-electron chi connectivity index (χ3n) is 6.61. The van der Waals surface area contributed by atoms with E-state index in [1.54, 1.807) is 49.5 Å². The van der Waals surface area contributed by atoms with E-state index >= 15 is 0 Å². The summed E-state index contributed by atoms with van der Waals surface area (Å²) in [5, 5.41) is 1.08. The zero-order chi connectivity index (χ0) is 25.3. The summed E-state index contributed by atoms with van der Waals surface area (Å²) in [6.45, 7) is 2.25. The molecule has 6 nitrogen and oxygen atoms in total. The minimum absolute atomic E-state index is 0.0465. The predicted octanol–water partition coefficient (Wildman–Crippen LogP) is 5.55. The minimum Gasteiger partial charge on any atom is -0.497 e. The number of methoxy groups -OCH3 is 2. The van der Waals surface area contributed by atoms with Gasteiger partial charge in [0.25, 0.3) is 0 Å². The van der Waals surface area contributed by atoms with E-state index in [4.69, 9.17) is 38.4 Å². The van der Waals surface area contributed by atoms with Crippen LogP contribution < -0.4 is 20.1 Å². The molecule has 0 aliphatic carbocycles. The van der Waals surface area contributed by atoms with Gasteiger partial charge in [-0.1, -0.05) is 23.2 Å². The smallest absolute Gasteiger partial charge is 0.248 e. The maximum atomic E-state index is 13.9. The Morgan fingerprint density at radius 2 is 1.77 bits per heavy atom. The molecule has 8 heteroatoms. The summed E-state index contributed by atoms with van der Waals surface area (Å²) in [7, 11) is 3.18. The Kier molecular flexibility index (Phi) is 6.97. The second kappa shape index (κ2) is 9.80. The fourth-order valence-electron chi connectivity index (χ4n) is 4.56. The Bertz CT molecular complexity index is 1310. The van der Waals surface area contributed by atoms with E-state index in [1.807, 2.05) is 31.2 Å². The van der Waals surface area contributed by atoms with Crippen molar-refractivity contribution in [1.82, 2.24) is 0 Å². The number of carbonyl (C=O) groups excluding carboxylic acids is 2. The number of halogens is 2. The van der Waals surface area contributed by atoms with Crippen LogP contribution in [0.4, 0.5) is 5.69 Å². The zero-order valence-electron chi connectivity index (χ0n) is 19.7. The summed E-state index contributed by atoms with van der Waals surface area (Å²) in [5.41, 5.74) is 8.24. The van der Waals surface area contributed by atoms with Gasteiger partial charge in [0.05, 0.1) is 26.2 Å². The Morgan fingerprint density at radius 1 is 1.00 bits per heavy atom. The van der Waals surface area contributed by atoms with Gasteiger partial charge in [-0.15, -0.1) is 0 Å². The Hall–Kier alpha value is -3.22. The lowest BCUT2D eigenvalue weighted by Crippen LogP contribution is -2.38. The summed E-state index contributed by atoms with van der Waals surface area (Å²) >= 11 is 12.7. The van der Waals surface area contributed by atoms with Crippen molar-refractivity contribution in [3.05, 3.63) is 86.9 Å². The van der Waals surface area contributed by atoms with E-state index in [-0.39, 0.29) is 5.91 Å². The number of aryl methyl sites for hydroxylation is 1. The topological polar surface area (TPSA) is 81.9 Å². The molecule has 1 unspecified atom stereocenters. The van der Waals surface area contributed by atoms with E-state index in [0.29, 0.717) is 46.5 Å².